The van der Waals surface area contributed by atoms with E-state index in [1.54, 1.807) is 7.05 Å². The first-order chi connectivity index (χ1) is 10.8. The highest BCUT2D eigenvalue weighted by atomic mass is 16.2. The number of likely N-dealkylation sites (N-methyl/N-ethyl adjacent to an activating group) is 1. The Kier molecular flexibility index (Phi) is 5.42. The van der Waals surface area contributed by atoms with Crippen molar-refractivity contribution in [1.29, 1.82) is 0 Å². The highest BCUT2D eigenvalue weighted by Gasteiger charge is 2.31. The Morgan fingerprint density at radius 3 is 2.30 bits per heavy atom. The van der Waals surface area contributed by atoms with Gasteiger partial charge in [-0.25, -0.2) is 0 Å². The molecule has 0 aromatic heterocycles. The molecule has 2 N–H and O–H groups in total. The van der Waals surface area contributed by atoms with E-state index in [0.29, 0.717) is 5.92 Å². The Bertz CT molecular complexity index is 585. The molecular weight excluding hydrogens is 290 g/mol. The average molecular weight is 317 g/mol. The zero-order valence-electron chi connectivity index (χ0n) is 14.7. The third-order valence-electron chi connectivity index (χ3n) is 4.61. The fourth-order valence-corrected chi connectivity index (χ4v) is 3.06. The monoisotopic (exact) mass is 317 g/mol. The molecule has 1 saturated heterocycles. The molecule has 1 aliphatic rings. The predicted molar refractivity (Wildman–Crippen MR) is 92.4 cm³/mol. The van der Waals surface area contributed by atoms with Crippen LogP contribution in [0.1, 0.15) is 23.6 Å². The van der Waals surface area contributed by atoms with E-state index in [9.17, 15) is 9.59 Å². The minimum atomic E-state index is -0.158. The van der Waals surface area contributed by atoms with E-state index < -0.39 is 0 Å². The summed E-state index contributed by atoms with van der Waals surface area (Å²) in [4.78, 5) is 26.2. The molecular formula is C18H27N3O2. The molecule has 0 spiro atoms. The Balaban J connectivity index is 1.95. The van der Waals surface area contributed by atoms with E-state index in [1.165, 1.54) is 10.5 Å². The van der Waals surface area contributed by atoms with Crippen LogP contribution in [0.15, 0.2) is 12.1 Å². The number of benzene rings is 1. The van der Waals surface area contributed by atoms with Gasteiger partial charge in [-0.2, -0.15) is 0 Å². The summed E-state index contributed by atoms with van der Waals surface area (Å²) < 4.78 is 0. The van der Waals surface area contributed by atoms with Crippen molar-refractivity contribution in [3.63, 3.8) is 0 Å². The maximum atomic E-state index is 12.4. The molecule has 0 saturated carbocycles. The van der Waals surface area contributed by atoms with Crippen LogP contribution in [0, 0.1) is 32.6 Å². The lowest BCUT2D eigenvalue weighted by atomic mass is 9.88. The number of nitrogens with zero attached hydrogens (tertiary/aromatic N) is 1. The van der Waals surface area contributed by atoms with Crippen LogP contribution in [0.3, 0.4) is 0 Å². The summed E-state index contributed by atoms with van der Waals surface area (Å²) in [5.74, 6) is 0.213. The van der Waals surface area contributed by atoms with Crippen LogP contribution >= 0.6 is 0 Å². The SMILES string of the molecule is Cc1cc(C)c(NC(=O)CN(C)C(=O)C(C)C2CNC2)c(C)c1. The maximum absolute atomic E-state index is 12.4. The van der Waals surface area contributed by atoms with E-state index in [1.807, 2.05) is 39.8 Å². The molecule has 5 nitrogen and oxygen atoms in total. The van der Waals surface area contributed by atoms with Crippen LogP contribution in [0.4, 0.5) is 5.69 Å². The first-order valence-electron chi connectivity index (χ1n) is 8.13. The quantitative estimate of drug-likeness (QED) is 0.871. The summed E-state index contributed by atoms with van der Waals surface area (Å²) in [6.07, 6.45) is 0. The first kappa shape index (κ1) is 17.5. The molecule has 1 aromatic carbocycles. The Morgan fingerprint density at radius 1 is 1.26 bits per heavy atom. The fourth-order valence-electron chi connectivity index (χ4n) is 3.06. The van der Waals surface area contributed by atoms with Gasteiger partial charge in [-0.1, -0.05) is 24.6 Å². The number of hydrogen-bond donors (Lipinski definition) is 2. The summed E-state index contributed by atoms with van der Waals surface area (Å²) in [6.45, 7) is 9.79. The summed E-state index contributed by atoms with van der Waals surface area (Å²) in [7, 11) is 1.69. The lowest BCUT2D eigenvalue weighted by Gasteiger charge is -2.33. The van der Waals surface area contributed by atoms with Gasteiger partial charge in [-0.3, -0.25) is 9.59 Å². The molecule has 1 unspecified atom stereocenters. The molecule has 126 valence electrons. The molecule has 0 radical (unpaired) electrons. The highest BCUT2D eigenvalue weighted by Crippen LogP contribution is 2.22. The van der Waals surface area contributed by atoms with Crippen molar-refractivity contribution in [2.24, 2.45) is 11.8 Å². The molecule has 2 amide bonds. The van der Waals surface area contributed by atoms with Crippen molar-refractivity contribution < 1.29 is 9.59 Å². The number of nitrogens with one attached hydrogen (secondary N) is 2. The van der Waals surface area contributed by atoms with E-state index in [2.05, 4.69) is 10.6 Å². The third-order valence-corrected chi connectivity index (χ3v) is 4.61. The zero-order chi connectivity index (χ0) is 17.1. The Labute approximate surface area is 138 Å². The highest BCUT2D eigenvalue weighted by molar-refractivity contribution is 5.96. The molecule has 5 heteroatoms. The van der Waals surface area contributed by atoms with Crippen molar-refractivity contribution in [3.8, 4) is 0 Å². The number of hydrogen-bond acceptors (Lipinski definition) is 3. The number of carbonyl (C=O) groups is 2. The molecule has 1 heterocycles. The van der Waals surface area contributed by atoms with E-state index in [0.717, 1.165) is 29.9 Å². The van der Waals surface area contributed by atoms with Crippen LogP contribution < -0.4 is 10.6 Å². The van der Waals surface area contributed by atoms with Crippen molar-refractivity contribution in [2.45, 2.75) is 27.7 Å². The summed E-state index contributed by atoms with van der Waals surface area (Å²) >= 11 is 0. The molecule has 1 aliphatic heterocycles. The summed E-state index contributed by atoms with van der Waals surface area (Å²) in [5.41, 5.74) is 4.10. The lowest BCUT2D eigenvalue weighted by Crippen LogP contribution is -2.50. The standard InChI is InChI=1S/C18H27N3O2/c1-11-6-12(2)17(13(3)7-11)20-16(22)10-21(5)18(23)14(4)15-8-19-9-15/h6-7,14-15,19H,8-10H2,1-5H3,(H,20,22). The average Bonchev–Trinajstić information content (AvgIpc) is 2.39. The molecule has 1 atom stereocenters. The molecule has 2 rings (SSSR count). The van der Waals surface area contributed by atoms with Gasteiger partial charge in [0.25, 0.3) is 0 Å². The molecule has 23 heavy (non-hydrogen) atoms. The van der Waals surface area contributed by atoms with Crippen LogP contribution in [-0.4, -0.2) is 43.4 Å². The van der Waals surface area contributed by atoms with Crippen molar-refractivity contribution in [2.75, 3.05) is 32.0 Å². The van der Waals surface area contributed by atoms with Gasteiger partial charge < -0.3 is 15.5 Å². The van der Waals surface area contributed by atoms with E-state index in [-0.39, 0.29) is 24.3 Å². The van der Waals surface area contributed by atoms with E-state index >= 15 is 0 Å². The number of amides is 2. The van der Waals surface area contributed by atoms with E-state index in [4.69, 9.17) is 0 Å². The smallest absolute Gasteiger partial charge is 0.243 e. The van der Waals surface area contributed by atoms with Crippen molar-refractivity contribution >= 4 is 17.5 Å². The Hall–Kier alpha value is -1.88. The van der Waals surface area contributed by atoms with Gasteiger partial charge in [-0.15, -0.1) is 0 Å². The lowest BCUT2D eigenvalue weighted by molar-refractivity contribution is -0.138. The second-order valence-electron chi connectivity index (χ2n) is 6.72. The van der Waals surface area contributed by atoms with Crippen LogP contribution in [0.25, 0.3) is 0 Å². The van der Waals surface area contributed by atoms with Gasteiger partial charge in [0, 0.05) is 18.7 Å². The first-order valence-corrected chi connectivity index (χ1v) is 8.13. The van der Waals surface area contributed by atoms with Gasteiger partial charge in [0.05, 0.1) is 6.54 Å². The number of carbonyl (C=O) groups excluding carboxylic acids is 2. The van der Waals surface area contributed by atoms with Gasteiger partial charge in [0.2, 0.25) is 11.8 Å². The largest absolute Gasteiger partial charge is 0.336 e. The fraction of sp³-hybridized carbons (Fsp3) is 0.556. The second-order valence-corrected chi connectivity index (χ2v) is 6.72. The minimum Gasteiger partial charge on any atom is -0.336 e. The number of anilines is 1. The predicted octanol–water partition coefficient (Wildman–Crippen LogP) is 1.86. The molecule has 0 aliphatic carbocycles. The van der Waals surface area contributed by atoms with Crippen molar-refractivity contribution in [1.82, 2.24) is 10.2 Å². The molecule has 1 fully saturated rings. The number of aryl methyl sites for hydroxylation is 3. The number of rotatable bonds is 5. The summed E-state index contributed by atoms with van der Waals surface area (Å²) in [6, 6.07) is 4.09. The molecule has 0 bridgehead atoms. The summed E-state index contributed by atoms with van der Waals surface area (Å²) in [5, 5.41) is 6.12. The maximum Gasteiger partial charge on any atom is 0.243 e. The van der Waals surface area contributed by atoms with Crippen LogP contribution in [0.2, 0.25) is 0 Å². The van der Waals surface area contributed by atoms with Crippen LogP contribution in [0.5, 0.6) is 0 Å². The second kappa shape index (κ2) is 7.13. The van der Waals surface area contributed by atoms with Gasteiger partial charge in [0.15, 0.2) is 0 Å². The van der Waals surface area contributed by atoms with Gasteiger partial charge >= 0.3 is 0 Å². The Morgan fingerprint density at radius 2 is 1.83 bits per heavy atom. The van der Waals surface area contributed by atoms with Crippen LogP contribution in [-0.2, 0) is 9.59 Å². The molecule has 1 aromatic rings. The third kappa shape index (κ3) is 4.10. The van der Waals surface area contributed by atoms with Gasteiger partial charge in [0.1, 0.15) is 0 Å². The zero-order valence-corrected chi connectivity index (χ0v) is 14.7. The van der Waals surface area contributed by atoms with Crippen molar-refractivity contribution in [3.05, 3.63) is 28.8 Å². The topological polar surface area (TPSA) is 61.4 Å². The van der Waals surface area contributed by atoms with Gasteiger partial charge in [-0.05, 0) is 50.9 Å². The normalized spacial score (nSPS) is 15.7. The minimum absolute atomic E-state index is 0.0315.